The number of dihydropyridines is 1. The van der Waals surface area contributed by atoms with Crippen LogP contribution in [0.2, 0.25) is 0 Å². The molecule has 4 nitrogen and oxygen atoms in total. The smallest absolute Gasteiger partial charge is 0.224 e. The SMILES string of the molecule is CC1NC(=O)CC2=CN(C(C)C)C3NC=CC=C3C21. The first-order valence-corrected chi connectivity index (χ1v) is 6.98. The molecule has 0 saturated carbocycles. The summed E-state index contributed by atoms with van der Waals surface area (Å²) in [6, 6.07) is 0.574. The van der Waals surface area contributed by atoms with Crippen molar-refractivity contribution in [2.45, 2.75) is 45.4 Å². The van der Waals surface area contributed by atoms with Crippen LogP contribution in [0.4, 0.5) is 0 Å². The van der Waals surface area contributed by atoms with Crippen molar-refractivity contribution < 1.29 is 4.79 Å². The van der Waals surface area contributed by atoms with Crippen molar-refractivity contribution in [3.05, 3.63) is 35.7 Å². The largest absolute Gasteiger partial charge is 0.368 e. The van der Waals surface area contributed by atoms with Crippen LogP contribution in [0.25, 0.3) is 0 Å². The highest BCUT2D eigenvalue weighted by Crippen LogP contribution is 2.38. The molecule has 0 aliphatic carbocycles. The first-order valence-electron chi connectivity index (χ1n) is 6.98. The third-order valence-electron chi connectivity index (χ3n) is 4.18. The predicted molar refractivity (Wildman–Crippen MR) is 74.9 cm³/mol. The Morgan fingerprint density at radius 2 is 2.21 bits per heavy atom. The summed E-state index contributed by atoms with van der Waals surface area (Å²) in [6.07, 6.45) is 9.17. The first kappa shape index (κ1) is 12.3. The number of nitrogens with zero attached hydrogens (tertiary/aromatic N) is 1. The monoisotopic (exact) mass is 259 g/mol. The molecule has 3 atom stereocenters. The van der Waals surface area contributed by atoms with E-state index in [9.17, 15) is 4.79 Å². The fourth-order valence-electron chi connectivity index (χ4n) is 3.37. The van der Waals surface area contributed by atoms with Crippen LogP contribution in [0, 0.1) is 5.92 Å². The molecule has 102 valence electrons. The molecule has 3 heterocycles. The Kier molecular flexibility index (Phi) is 2.88. The van der Waals surface area contributed by atoms with Gasteiger partial charge in [-0.3, -0.25) is 4.79 Å². The zero-order valence-corrected chi connectivity index (χ0v) is 11.7. The minimum absolute atomic E-state index is 0.136. The number of carbonyl (C=O) groups excluding carboxylic acids is 1. The Morgan fingerprint density at radius 1 is 1.42 bits per heavy atom. The fraction of sp³-hybridized carbons (Fsp3) is 0.533. The van der Waals surface area contributed by atoms with Crippen molar-refractivity contribution in [1.82, 2.24) is 15.5 Å². The van der Waals surface area contributed by atoms with Crippen LogP contribution in [-0.2, 0) is 4.79 Å². The van der Waals surface area contributed by atoms with E-state index in [0.717, 1.165) is 0 Å². The molecule has 0 aromatic heterocycles. The maximum Gasteiger partial charge on any atom is 0.224 e. The van der Waals surface area contributed by atoms with E-state index in [2.05, 4.69) is 54.7 Å². The quantitative estimate of drug-likeness (QED) is 0.750. The average Bonchev–Trinajstić information content (AvgIpc) is 2.36. The lowest BCUT2D eigenvalue weighted by atomic mass is 9.76. The van der Waals surface area contributed by atoms with Crippen LogP contribution in [-0.4, -0.2) is 29.1 Å². The van der Waals surface area contributed by atoms with Gasteiger partial charge in [-0.1, -0.05) is 6.08 Å². The number of rotatable bonds is 1. The number of fused-ring (bicyclic) bond motifs is 3. The van der Waals surface area contributed by atoms with E-state index < -0.39 is 0 Å². The zero-order valence-electron chi connectivity index (χ0n) is 11.7. The molecule has 3 aliphatic rings. The second-order valence-electron chi connectivity index (χ2n) is 5.85. The van der Waals surface area contributed by atoms with Gasteiger partial charge in [0, 0.05) is 30.6 Å². The van der Waals surface area contributed by atoms with Crippen LogP contribution in [0.5, 0.6) is 0 Å². The van der Waals surface area contributed by atoms with Gasteiger partial charge in [0.25, 0.3) is 0 Å². The van der Waals surface area contributed by atoms with Crippen LogP contribution < -0.4 is 10.6 Å². The standard InChI is InChI=1S/C15H21N3O/c1-9(2)18-8-11-7-13(19)17-10(3)14(11)12-5-4-6-16-15(12)18/h4-6,8-10,14-16H,7H2,1-3H3,(H,17,19). The molecule has 1 saturated heterocycles. The Balaban J connectivity index is 2.05. The molecular formula is C15H21N3O. The van der Waals surface area contributed by atoms with Crippen molar-refractivity contribution in [3.63, 3.8) is 0 Å². The lowest BCUT2D eigenvalue weighted by Crippen LogP contribution is -2.56. The summed E-state index contributed by atoms with van der Waals surface area (Å²) in [7, 11) is 0. The Morgan fingerprint density at radius 3 is 2.95 bits per heavy atom. The number of carbonyl (C=O) groups is 1. The molecule has 0 aromatic rings. The van der Waals surface area contributed by atoms with Crippen LogP contribution in [0.1, 0.15) is 27.2 Å². The summed E-state index contributed by atoms with van der Waals surface area (Å²) in [4.78, 5) is 14.1. The molecular weight excluding hydrogens is 238 g/mol. The molecule has 19 heavy (non-hydrogen) atoms. The third kappa shape index (κ3) is 1.95. The van der Waals surface area contributed by atoms with E-state index in [1.54, 1.807) is 0 Å². The van der Waals surface area contributed by atoms with Gasteiger partial charge >= 0.3 is 0 Å². The predicted octanol–water partition coefficient (Wildman–Crippen LogP) is 1.49. The van der Waals surface area contributed by atoms with E-state index in [0.29, 0.717) is 18.4 Å². The molecule has 1 fully saturated rings. The second kappa shape index (κ2) is 4.44. The van der Waals surface area contributed by atoms with E-state index in [4.69, 9.17) is 0 Å². The van der Waals surface area contributed by atoms with Gasteiger partial charge in [-0.15, -0.1) is 0 Å². The summed E-state index contributed by atoms with van der Waals surface area (Å²) < 4.78 is 0. The maximum atomic E-state index is 11.7. The van der Waals surface area contributed by atoms with Crippen LogP contribution in [0.3, 0.4) is 0 Å². The minimum Gasteiger partial charge on any atom is -0.368 e. The van der Waals surface area contributed by atoms with E-state index >= 15 is 0 Å². The van der Waals surface area contributed by atoms with Crippen LogP contribution >= 0.6 is 0 Å². The number of hydrogen-bond acceptors (Lipinski definition) is 3. The highest BCUT2D eigenvalue weighted by atomic mass is 16.1. The summed E-state index contributed by atoms with van der Waals surface area (Å²) in [5, 5.41) is 6.50. The van der Waals surface area contributed by atoms with Crippen molar-refractivity contribution >= 4 is 5.91 Å². The average molecular weight is 259 g/mol. The summed E-state index contributed by atoms with van der Waals surface area (Å²) in [5.41, 5.74) is 2.60. The van der Waals surface area contributed by atoms with Gasteiger partial charge in [-0.2, -0.15) is 0 Å². The lowest BCUT2D eigenvalue weighted by molar-refractivity contribution is -0.122. The number of amides is 1. The molecule has 0 spiro atoms. The molecule has 0 aromatic carbocycles. The minimum atomic E-state index is 0.136. The van der Waals surface area contributed by atoms with Gasteiger partial charge in [0.1, 0.15) is 6.17 Å². The van der Waals surface area contributed by atoms with Gasteiger partial charge in [0.05, 0.1) is 0 Å². The highest BCUT2D eigenvalue weighted by molar-refractivity contribution is 5.81. The van der Waals surface area contributed by atoms with Gasteiger partial charge in [-0.05, 0) is 44.2 Å². The van der Waals surface area contributed by atoms with Gasteiger partial charge < -0.3 is 15.5 Å². The number of piperidine rings is 1. The normalized spacial score (nSPS) is 32.9. The fourth-order valence-corrected chi connectivity index (χ4v) is 3.37. The number of hydrogen-bond donors (Lipinski definition) is 2. The van der Waals surface area contributed by atoms with Gasteiger partial charge in [-0.25, -0.2) is 0 Å². The zero-order chi connectivity index (χ0) is 13.6. The van der Waals surface area contributed by atoms with Crippen LogP contribution in [0.15, 0.2) is 35.7 Å². The Bertz CT molecular complexity index is 490. The van der Waals surface area contributed by atoms with Crippen molar-refractivity contribution in [2.75, 3.05) is 0 Å². The molecule has 3 aliphatic heterocycles. The lowest BCUT2D eigenvalue weighted by Gasteiger charge is -2.47. The third-order valence-corrected chi connectivity index (χ3v) is 4.18. The second-order valence-corrected chi connectivity index (χ2v) is 5.85. The Hall–Kier alpha value is -1.71. The first-order chi connectivity index (χ1) is 9.08. The van der Waals surface area contributed by atoms with Crippen molar-refractivity contribution in [3.8, 4) is 0 Å². The molecule has 3 unspecified atom stereocenters. The number of nitrogens with one attached hydrogen (secondary N) is 2. The summed E-state index contributed by atoms with van der Waals surface area (Å²) >= 11 is 0. The maximum absolute atomic E-state index is 11.7. The molecule has 0 radical (unpaired) electrons. The molecule has 1 amide bonds. The van der Waals surface area contributed by atoms with Crippen molar-refractivity contribution in [2.24, 2.45) is 5.92 Å². The molecule has 4 heteroatoms. The number of allylic oxidation sites excluding steroid dienone is 2. The van der Waals surface area contributed by atoms with Gasteiger partial charge in [0.2, 0.25) is 5.91 Å². The molecule has 3 rings (SSSR count). The molecule has 2 N–H and O–H groups in total. The van der Waals surface area contributed by atoms with Gasteiger partial charge in [0.15, 0.2) is 0 Å². The topological polar surface area (TPSA) is 44.4 Å². The highest BCUT2D eigenvalue weighted by Gasteiger charge is 2.41. The summed E-state index contributed by atoms with van der Waals surface area (Å²) in [5.74, 6) is 0.465. The van der Waals surface area contributed by atoms with E-state index in [1.165, 1.54) is 11.1 Å². The summed E-state index contributed by atoms with van der Waals surface area (Å²) in [6.45, 7) is 6.46. The van der Waals surface area contributed by atoms with Crippen molar-refractivity contribution in [1.29, 1.82) is 0 Å². The van der Waals surface area contributed by atoms with E-state index in [1.807, 2.05) is 6.20 Å². The molecule has 0 bridgehead atoms. The van der Waals surface area contributed by atoms with E-state index in [-0.39, 0.29) is 18.1 Å². The Labute approximate surface area is 114 Å².